The molecule has 0 spiro atoms. The second-order valence-corrected chi connectivity index (χ2v) is 7.09. The van der Waals surface area contributed by atoms with Crippen molar-refractivity contribution in [3.05, 3.63) is 95.6 Å². The van der Waals surface area contributed by atoms with Crippen LogP contribution in [0.15, 0.2) is 89.6 Å². The summed E-state index contributed by atoms with van der Waals surface area (Å²) >= 11 is 0. The first kappa shape index (κ1) is 19.6. The van der Waals surface area contributed by atoms with Gasteiger partial charge in [0.1, 0.15) is 11.5 Å². The van der Waals surface area contributed by atoms with Crippen molar-refractivity contribution in [2.24, 2.45) is 5.16 Å². The summed E-state index contributed by atoms with van der Waals surface area (Å²) in [4.78, 5) is 17.2. The van der Waals surface area contributed by atoms with E-state index in [-0.39, 0.29) is 0 Å². The molecule has 1 aliphatic heterocycles. The smallest absolute Gasteiger partial charge is 0.368 e. The summed E-state index contributed by atoms with van der Waals surface area (Å²) in [7, 11) is 0. The highest BCUT2D eigenvalue weighted by Crippen LogP contribution is 2.25. The zero-order valence-electron chi connectivity index (χ0n) is 16.9. The molecule has 4 nitrogen and oxygen atoms in total. The number of benzene rings is 3. The van der Waals surface area contributed by atoms with Crippen LogP contribution < -0.4 is 4.74 Å². The number of hydrogen-bond acceptors (Lipinski definition) is 4. The second kappa shape index (κ2) is 9.23. The molecular weight excluding hydrogens is 374 g/mol. The Balaban J connectivity index is 1.53. The summed E-state index contributed by atoms with van der Waals surface area (Å²) in [6.07, 6.45) is 3.93. The first-order valence-corrected chi connectivity index (χ1v) is 10.1. The van der Waals surface area contributed by atoms with Crippen LogP contribution in [0, 0.1) is 0 Å². The van der Waals surface area contributed by atoms with E-state index in [2.05, 4.69) is 24.2 Å². The predicted octanol–water partition coefficient (Wildman–Crippen LogP) is 5.88. The molecule has 150 valence electrons. The van der Waals surface area contributed by atoms with E-state index in [0.717, 1.165) is 40.8 Å². The molecule has 0 unspecified atom stereocenters. The molecule has 0 aliphatic carbocycles. The van der Waals surface area contributed by atoms with Crippen LogP contribution in [0.4, 0.5) is 0 Å². The second-order valence-electron chi connectivity index (χ2n) is 7.09. The molecule has 4 heteroatoms. The van der Waals surface area contributed by atoms with Crippen LogP contribution in [0.3, 0.4) is 0 Å². The summed E-state index contributed by atoms with van der Waals surface area (Å²) in [6.45, 7) is 2.84. The Hall–Kier alpha value is -3.66. The zero-order valence-corrected chi connectivity index (χ0v) is 16.9. The van der Waals surface area contributed by atoms with E-state index >= 15 is 0 Å². The lowest BCUT2D eigenvalue weighted by molar-refractivity contribution is -0.136. The van der Waals surface area contributed by atoms with Crippen molar-refractivity contribution in [1.29, 1.82) is 0 Å². The summed E-state index contributed by atoms with van der Waals surface area (Å²) in [5.41, 5.74) is 4.97. The molecule has 0 radical (unpaired) electrons. The minimum atomic E-state index is -0.444. The van der Waals surface area contributed by atoms with E-state index in [9.17, 15) is 4.79 Å². The fourth-order valence-electron chi connectivity index (χ4n) is 3.23. The number of hydrogen-bond donors (Lipinski definition) is 0. The van der Waals surface area contributed by atoms with Crippen molar-refractivity contribution in [3.8, 4) is 16.9 Å². The van der Waals surface area contributed by atoms with Crippen LogP contribution in [0.1, 0.15) is 30.9 Å². The van der Waals surface area contributed by atoms with E-state index < -0.39 is 5.97 Å². The Morgan fingerprint density at radius 2 is 1.53 bits per heavy atom. The quantitative estimate of drug-likeness (QED) is 0.284. The average molecular weight is 397 g/mol. The normalized spacial score (nSPS) is 14.5. The Morgan fingerprint density at radius 3 is 2.23 bits per heavy atom. The highest BCUT2D eigenvalue weighted by Gasteiger charge is 2.26. The average Bonchev–Trinajstić information content (AvgIpc) is 3.16. The SMILES string of the molecule is CCCCOc1ccc(/C=C2\C(=O)ON=C2c2ccc(-c3ccccc3)cc2)cc1. The molecule has 1 aliphatic rings. The van der Waals surface area contributed by atoms with Gasteiger partial charge in [0, 0.05) is 5.56 Å². The maximum Gasteiger partial charge on any atom is 0.368 e. The number of nitrogens with zero attached hydrogens (tertiary/aromatic N) is 1. The van der Waals surface area contributed by atoms with E-state index in [4.69, 9.17) is 9.57 Å². The zero-order chi connectivity index (χ0) is 20.8. The number of carbonyl (C=O) groups excluding carboxylic acids is 1. The molecule has 0 atom stereocenters. The third-order valence-corrected chi connectivity index (χ3v) is 4.92. The van der Waals surface area contributed by atoms with E-state index in [1.54, 1.807) is 6.08 Å². The molecule has 0 aromatic heterocycles. The fourth-order valence-corrected chi connectivity index (χ4v) is 3.23. The summed E-state index contributed by atoms with van der Waals surface area (Å²) in [5.74, 6) is 0.380. The molecule has 0 bridgehead atoms. The largest absolute Gasteiger partial charge is 0.494 e. The van der Waals surface area contributed by atoms with Gasteiger partial charge in [-0.25, -0.2) is 4.79 Å². The molecule has 0 saturated heterocycles. The van der Waals surface area contributed by atoms with Crippen molar-refractivity contribution in [3.63, 3.8) is 0 Å². The van der Waals surface area contributed by atoms with Crippen molar-refractivity contribution in [2.75, 3.05) is 6.61 Å². The van der Waals surface area contributed by atoms with Crippen molar-refractivity contribution >= 4 is 17.8 Å². The third kappa shape index (κ3) is 4.49. The van der Waals surface area contributed by atoms with Crippen LogP contribution in [0.25, 0.3) is 17.2 Å². The number of unbranched alkanes of at least 4 members (excludes halogenated alkanes) is 1. The van der Waals surface area contributed by atoms with Crippen molar-refractivity contribution in [2.45, 2.75) is 19.8 Å². The molecule has 3 aromatic carbocycles. The molecule has 0 amide bonds. The molecular formula is C26H23NO3. The molecule has 4 rings (SSSR count). The van der Waals surface area contributed by atoms with Gasteiger partial charge in [0.15, 0.2) is 0 Å². The number of ether oxygens (including phenoxy) is 1. The van der Waals surface area contributed by atoms with Crippen LogP contribution in [0.5, 0.6) is 5.75 Å². The minimum Gasteiger partial charge on any atom is -0.494 e. The molecule has 30 heavy (non-hydrogen) atoms. The van der Waals surface area contributed by atoms with Crippen LogP contribution in [0.2, 0.25) is 0 Å². The molecule has 0 N–H and O–H groups in total. The highest BCUT2D eigenvalue weighted by molar-refractivity contribution is 6.31. The van der Waals surface area contributed by atoms with Gasteiger partial charge in [-0.15, -0.1) is 0 Å². The third-order valence-electron chi connectivity index (χ3n) is 4.92. The maximum atomic E-state index is 12.3. The first-order valence-electron chi connectivity index (χ1n) is 10.1. The summed E-state index contributed by atoms with van der Waals surface area (Å²) in [5, 5.41) is 4.01. The monoisotopic (exact) mass is 397 g/mol. The molecule has 1 heterocycles. The van der Waals surface area contributed by atoms with Crippen molar-refractivity contribution < 1.29 is 14.4 Å². The Morgan fingerprint density at radius 1 is 0.867 bits per heavy atom. The minimum absolute atomic E-state index is 0.444. The van der Waals surface area contributed by atoms with Gasteiger partial charge in [-0.2, -0.15) is 0 Å². The molecule has 0 saturated carbocycles. The maximum absolute atomic E-state index is 12.3. The van der Waals surface area contributed by atoms with Crippen LogP contribution in [-0.2, 0) is 9.63 Å². The van der Waals surface area contributed by atoms with Crippen LogP contribution >= 0.6 is 0 Å². The fraction of sp³-hybridized carbons (Fsp3) is 0.154. The summed E-state index contributed by atoms with van der Waals surface area (Å²) < 4.78 is 5.69. The van der Waals surface area contributed by atoms with Gasteiger partial charge in [0.2, 0.25) is 0 Å². The lowest BCUT2D eigenvalue weighted by atomic mass is 9.98. The van der Waals surface area contributed by atoms with Gasteiger partial charge >= 0.3 is 5.97 Å². The standard InChI is InChI=1S/C26H23NO3/c1-2-3-17-29-23-15-9-19(10-16-23)18-24-25(27-30-26(24)28)22-13-11-21(12-14-22)20-7-5-4-6-8-20/h4-16,18H,2-3,17H2,1H3/b24-18-. The summed E-state index contributed by atoms with van der Waals surface area (Å²) in [6, 6.07) is 25.8. The van der Waals surface area contributed by atoms with Crippen molar-refractivity contribution in [1.82, 2.24) is 0 Å². The first-order chi connectivity index (χ1) is 14.7. The van der Waals surface area contributed by atoms with Gasteiger partial charge in [-0.05, 0) is 41.3 Å². The lowest BCUT2D eigenvalue weighted by Gasteiger charge is -2.06. The highest BCUT2D eigenvalue weighted by atomic mass is 16.7. The van der Waals surface area contributed by atoms with Gasteiger partial charge < -0.3 is 9.57 Å². The molecule has 0 fully saturated rings. The van der Waals surface area contributed by atoms with Gasteiger partial charge in [-0.1, -0.05) is 85.2 Å². The van der Waals surface area contributed by atoms with Gasteiger partial charge in [-0.3, -0.25) is 0 Å². The van der Waals surface area contributed by atoms with Gasteiger partial charge in [0.05, 0.1) is 12.2 Å². The number of rotatable bonds is 7. The lowest BCUT2D eigenvalue weighted by Crippen LogP contribution is -2.06. The predicted molar refractivity (Wildman–Crippen MR) is 119 cm³/mol. The van der Waals surface area contributed by atoms with E-state index in [0.29, 0.717) is 17.9 Å². The van der Waals surface area contributed by atoms with E-state index in [1.165, 1.54) is 0 Å². The van der Waals surface area contributed by atoms with Crippen LogP contribution in [-0.4, -0.2) is 18.3 Å². The Bertz CT molecular complexity index is 1070. The molecule has 3 aromatic rings. The Labute approximate surface area is 176 Å². The van der Waals surface area contributed by atoms with Gasteiger partial charge in [0.25, 0.3) is 0 Å². The van der Waals surface area contributed by atoms with E-state index in [1.807, 2.05) is 66.7 Å². The number of oxime groups is 1. The topological polar surface area (TPSA) is 47.9 Å². The Kier molecular flexibility index (Phi) is 6.04. The number of carbonyl (C=O) groups is 1.